The molecule has 1 aromatic heterocycles. The highest BCUT2D eigenvalue weighted by molar-refractivity contribution is 8.00. The van der Waals surface area contributed by atoms with Crippen LogP contribution in [0.1, 0.15) is 109 Å². The largest absolute Gasteiger partial charge is 0.390 e. The molecule has 0 spiro atoms. The minimum absolute atomic E-state index is 0.105. The van der Waals surface area contributed by atoms with Crippen molar-refractivity contribution in [2.24, 2.45) is 23.7 Å². The van der Waals surface area contributed by atoms with Gasteiger partial charge in [-0.15, -0.1) is 11.3 Å². The van der Waals surface area contributed by atoms with Gasteiger partial charge in [0.1, 0.15) is 12.1 Å². The maximum atomic E-state index is 13.9. The molecule has 3 aliphatic rings. The Bertz CT molecular complexity index is 1290. The number of thioether (sulfide) groups is 1. The van der Waals surface area contributed by atoms with Gasteiger partial charge in [-0.25, -0.2) is 9.78 Å². The summed E-state index contributed by atoms with van der Waals surface area (Å²) in [7, 11) is 0. The molecule has 1 unspecified atom stereocenters. The number of carbonyl (C=O) groups excluding carboxylic acids is 4. The van der Waals surface area contributed by atoms with Gasteiger partial charge in [0.05, 0.1) is 41.4 Å². The number of nitrogens with zero attached hydrogens (tertiary/aromatic N) is 1. The quantitative estimate of drug-likeness (QED) is 0.0776. The van der Waals surface area contributed by atoms with E-state index >= 15 is 0 Å². The van der Waals surface area contributed by atoms with Crippen LogP contribution in [0.5, 0.6) is 0 Å². The lowest BCUT2D eigenvalue weighted by atomic mass is 9.79. The number of aromatic nitrogens is 1. The van der Waals surface area contributed by atoms with Gasteiger partial charge in [0, 0.05) is 35.3 Å². The van der Waals surface area contributed by atoms with Crippen molar-refractivity contribution < 1.29 is 29.4 Å². The topological polar surface area (TPSA) is 182 Å². The first-order valence-corrected chi connectivity index (χ1v) is 21.1. The molecule has 12 nitrogen and oxygen atoms in total. The molecule has 51 heavy (non-hydrogen) atoms. The molecule has 1 saturated carbocycles. The zero-order chi connectivity index (χ0) is 37.1. The summed E-state index contributed by atoms with van der Waals surface area (Å²) in [5, 5.41) is 38.6. The standard InChI is InChI=1S/C37H62N6O6S2/c1-6-22(4)31(36(48)38-17-16-27-23(5)39-20-51-27)42-35(47)30(21(2)3)34(46)33(45)25(18-24-12-8-7-9-13-24)40-29(44)15-11-10-14-28-32-26(19-50-28)41-37(49)43-32/h20-22,24-26,28,30-34,45-46H,6-19H2,1-5H3,(H,38,48)(H,40,44)(H,42,47)(H2,41,43,49)/t22?,25-,26-,28-,30+,31-,32-,33+,34+/m0/s1. The molecular formula is C37H62N6O6S2. The molecule has 4 rings (SSSR count). The number of hydrogen-bond acceptors (Lipinski definition) is 9. The molecule has 5 amide bonds. The van der Waals surface area contributed by atoms with Crippen molar-refractivity contribution in [2.45, 2.75) is 153 Å². The van der Waals surface area contributed by atoms with Gasteiger partial charge in [-0.3, -0.25) is 14.4 Å². The van der Waals surface area contributed by atoms with Crippen LogP contribution in [-0.4, -0.2) is 92.9 Å². The second-order valence-electron chi connectivity index (χ2n) is 15.3. The molecule has 3 heterocycles. The molecule has 1 aliphatic carbocycles. The van der Waals surface area contributed by atoms with Crippen LogP contribution >= 0.6 is 23.1 Å². The van der Waals surface area contributed by atoms with E-state index in [0.717, 1.165) is 54.8 Å². The SMILES string of the molecule is CCC(C)[C@H](NC(=O)[C@H](C(C)C)[C@@H](O)[C@H](O)[C@H](CC1CCCCC1)NC(=O)CCCC[C@@H]1SC[C@@H]2NC(=O)N[C@@H]21)C(=O)NCCc1scnc1C. The zero-order valence-corrected chi connectivity index (χ0v) is 32.8. The lowest BCUT2D eigenvalue weighted by Gasteiger charge is -2.36. The molecule has 2 saturated heterocycles. The second kappa shape index (κ2) is 20.1. The number of aryl methyl sites for hydroxylation is 1. The van der Waals surface area contributed by atoms with Crippen molar-refractivity contribution in [2.75, 3.05) is 12.3 Å². The van der Waals surface area contributed by atoms with Crippen LogP contribution in [0.3, 0.4) is 0 Å². The van der Waals surface area contributed by atoms with Gasteiger partial charge >= 0.3 is 6.03 Å². The van der Waals surface area contributed by atoms with Gasteiger partial charge in [-0.2, -0.15) is 11.8 Å². The molecule has 288 valence electrons. The fourth-order valence-electron chi connectivity index (χ4n) is 7.85. The zero-order valence-electron chi connectivity index (χ0n) is 31.1. The summed E-state index contributed by atoms with van der Waals surface area (Å²) in [5.74, 6) is -1.24. The van der Waals surface area contributed by atoms with Crippen LogP contribution in [0.2, 0.25) is 0 Å². The van der Waals surface area contributed by atoms with Gasteiger partial charge < -0.3 is 36.8 Å². The van der Waals surface area contributed by atoms with E-state index in [0.29, 0.717) is 49.8 Å². The van der Waals surface area contributed by atoms with Crippen molar-refractivity contribution in [1.82, 2.24) is 31.6 Å². The van der Waals surface area contributed by atoms with E-state index in [4.69, 9.17) is 0 Å². The Kier molecular flexibility index (Phi) is 16.3. The molecule has 9 atom stereocenters. The third kappa shape index (κ3) is 11.8. The van der Waals surface area contributed by atoms with Crippen molar-refractivity contribution in [3.63, 3.8) is 0 Å². The minimum atomic E-state index is -1.45. The number of thiazole rings is 1. The normalized spacial score (nSPS) is 24.1. The molecular weight excluding hydrogens is 689 g/mol. The maximum absolute atomic E-state index is 13.9. The Morgan fingerprint density at radius 3 is 2.43 bits per heavy atom. The van der Waals surface area contributed by atoms with Crippen molar-refractivity contribution >= 4 is 46.9 Å². The predicted molar refractivity (Wildman–Crippen MR) is 202 cm³/mol. The maximum Gasteiger partial charge on any atom is 0.315 e. The van der Waals surface area contributed by atoms with E-state index in [1.165, 1.54) is 6.42 Å². The van der Waals surface area contributed by atoms with Gasteiger partial charge in [-0.1, -0.05) is 72.6 Å². The number of unbranched alkanes of at least 4 members (excludes halogenated alkanes) is 1. The van der Waals surface area contributed by atoms with E-state index in [1.54, 1.807) is 16.8 Å². The van der Waals surface area contributed by atoms with Crippen LogP contribution < -0.4 is 26.6 Å². The Hall–Kier alpha value is -2.42. The van der Waals surface area contributed by atoms with Gasteiger partial charge in [0.25, 0.3) is 0 Å². The average Bonchev–Trinajstić information content (AvgIpc) is 3.80. The summed E-state index contributed by atoms with van der Waals surface area (Å²) in [6, 6.07) is -1.32. The van der Waals surface area contributed by atoms with Gasteiger partial charge in [0.2, 0.25) is 17.7 Å². The summed E-state index contributed by atoms with van der Waals surface area (Å²) >= 11 is 3.40. The number of nitrogens with one attached hydrogen (secondary N) is 5. The Morgan fingerprint density at radius 2 is 1.76 bits per heavy atom. The average molecular weight is 751 g/mol. The first-order valence-electron chi connectivity index (χ1n) is 19.2. The highest BCUT2D eigenvalue weighted by Gasteiger charge is 2.43. The first-order chi connectivity index (χ1) is 24.4. The molecule has 0 bridgehead atoms. The summed E-state index contributed by atoms with van der Waals surface area (Å²) in [6.45, 7) is 9.87. The van der Waals surface area contributed by atoms with E-state index in [1.807, 2.05) is 46.4 Å². The third-order valence-electron chi connectivity index (χ3n) is 11.2. The minimum Gasteiger partial charge on any atom is -0.390 e. The second-order valence-corrected chi connectivity index (χ2v) is 17.5. The fourth-order valence-corrected chi connectivity index (χ4v) is 10.2. The van der Waals surface area contributed by atoms with Crippen molar-refractivity contribution in [3.05, 3.63) is 16.1 Å². The highest BCUT2D eigenvalue weighted by Crippen LogP contribution is 2.33. The molecule has 14 heteroatoms. The monoisotopic (exact) mass is 750 g/mol. The van der Waals surface area contributed by atoms with E-state index in [2.05, 4.69) is 31.6 Å². The van der Waals surface area contributed by atoms with Crippen LogP contribution in [0.4, 0.5) is 4.79 Å². The number of amides is 5. The number of fused-ring (bicyclic) bond motifs is 1. The third-order valence-corrected chi connectivity index (χ3v) is 13.7. The van der Waals surface area contributed by atoms with Gasteiger partial charge in [0.15, 0.2) is 0 Å². The summed E-state index contributed by atoms with van der Waals surface area (Å²) in [6.07, 6.45) is 7.12. The Balaban J connectivity index is 1.36. The number of hydrogen-bond donors (Lipinski definition) is 7. The van der Waals surface area contributed by atoms with E-state index in [-0.39, 0.29) is 41.8 Å². The van der Waals surface area contributed by atoms with E-state index in [9.17, 15) is 29.4 Å². The van der Waals surface area contributed by atoms with Crippen LogP contribution in [0.15, 0.2) is 5.51 Å². The number of carbonyl (C=O) groups is 4. The van der Waals surface area contributed by atoms with Crippen molar-refractivity contribution in [1.29, 1.82) is 0 Å². The smallest absolute Gasteiger partial charge is 0.315 e. The molecule has 7 N–H and O–H groups in total. The number of aliphatic hydroxyl groups is 2. The molecule has 1 aromatic rings. The van der Waals surface area contributed by atoms with Crippen LogP contribution in [0, 0.1) is 30.6 Å². The lowest BCUT2D eigenvalue weighted by molar-refractivity contribution is -0.140. The lowest BCUT2D eigenvalue weighted by Crippen LogP contribution is -2.57. The Morgan fingerprint density at radius 1 is 1.02 bits per heavy atom. The number of rotatable bonds is 20. The number of urea groups is 1. The van der Waals surface area contributed by atoms with Crippen LogP contribution in [-0.2, 0) is 20.8 Å². The number of aliphatic hydroxyl groups excluding tert-OH is 2. The van der Waals surface area contributed by atoms with Crippen LogP contribution in [0.25, 0.3) is 0 Å². The summed E-state index contributed by atoms with van der Waals surface area (Å²) in [5.41, 5.74) is 2.73. The van der Waals surface area contributed by atoms with Crippen molar-refractivity contribution in [3.8, 4) is 0 Å². The predicted octanol–water partition coefficient (Wildman–Crippen LogP) is 3.82. The first kappa shape index (κ1) is 41.3. The summed E-state index contributed by atoms with van der Waals surface area (Å²) in [4.78, 5) is 57.6. The molecule has 2 aliphatic heterocycles. The fraction of sp³-hybridized carbons (Fsp3) is 0.811. The van der Waals surface area contributed by atoms with E-state index < -0.39 is 36.1 Å². The highest BCUT2D eigenvalue weighted by atomic mass is 32.2. The molecule has 0 radical (unpaired) electrons. The van der Waals surface area contributed by atoms with Gasteiger partial charge in [-0.05, 0) is 43.9 Å². The summed E-state index contributed by atoms with van der Waals surface area (Å²) < 4.78 is 0. The molecule has 3 fully saturated rings. The Labute approximate surface area is 312 Å². The molecule has 0 aromatic carbocycles.